The van der Waals surface area contributed by atoms with E-state index < -0.39 is 41.6 Å². The van der Waals surface area contributed by atoms with Crippen molar-refractivity contribution in [1.29, 1.82) is 0 Å². The number of amides is 2. The molecule has 0 spiro atoms. The van der Waals surface area contributed by atoms with E-state index in [1.54, 1.807) is 13.2 Å². The predicted octanol–water partition coefficient (Wildman–Crippen LogP) is 3.72. The fourth-order valence-electron chi connectivity index (χ4n) is 5.60. The van der Waals surface area contributed by atoms with Crippen molar-refractivity contribution < 1.29 is 33.7 Å². The Bertz CT molecular complexity index is 1290. The maximum absolute atomic E-state index is 13.8. The average molecular weight is 555 g/mol. The molecule has 5 atom stereocenters. The van der Waals surface area contributed by atoms with Crippen molar-refractivity contribution in [2.75, 3.05) is 13.7 Å². The van der Waals surface area contributed by atoms with Crippen LogP contribution in [0.5, 0.6) is 11.6 Å². The van der Waals surface area contributed by atoms with Crippen molar-refractivity contribution in [3.63, 3.8) is 0 Å². The lowest BCUT2D eigenvalue weighted by Gasteiger charge is -2.34. The first-order valence-corrected chi connectivity index (χ1v) is 14.0. The van der Waals surface area contributed by atoms with Crippen LogP contribution in [-0.2, 0) is 20.7 Å². The second kappa shape index (κ2) is 11.1. The molecule has 5 rings (SSSR count). The molecule has 2 bridgehead atoms. The zero-order valence-corrected chi connectivity index (χ0v) is 23.5. The third kappa shape index (κ3) is 6.08. The molecule has 2 amide bonds. The van der Waals surface area contributed by atoms with E-state index in [0.29, 0.717) is 35.2 Å². The molecule has 216 valence electrons. The Morgan fingerprint density at radius 3 is 2.62 bits per heavy atom. The Morgan fingerprint density at radius 1 is 1.10 bits per heavy atom. The van der Waals surface area contributed by atoms with E-state index in [0.717, 1.165) is 37.6 Å². The summed E-state index contributed by atoms with van der Waals surface area (Å²) in [7, 11) is 1.58. The molecule has 1 aromatic heterocycles. The van der Waals surface area contributed by atoms with Gasteiger partial charge < -0.3 is 29.5 Å². The van der Waals surface area contributed by atoms with Gasteiger partial charge in [-0.3, -0.25) is 4.79 Å². The van der Waals surface area contributed by atoms with E-state index in [-0.39, 0.29) is 19.1 Å². The van der Waals surface area contributed by atoms with E-state index in [1.807, 2.05) is 32.9 Å². The predicted molar refractivity (Wildman–Crippen MR) is 145 cm³/mol. The number of aliphatic carboxylic acids is 1. The van der Waals surface area contributed by atoms with E-state index >= 15 is 0 Å². The molecule has 1 aliphatic carbocycles. The number of carboxylic acids is 1. The van der Waals surface area contributed by atoms with Crippen LogP contribution in [0.15, 0.2) is 18.2 Å². The number of aromatic nitrogens is 2. The van der Waals surface area contributed by atoms with E-state index in [2.05, 4.69) is 5.32 Å². The quantitative estimate of drug-likeness (QED) is 0.568. The summed E-state index contributed by atoms with van der Waals surface area (Å²) in [6.45, 7) is 5.52. The van der Waals surface area contributed by atoms with E-state index in [1.165, 1.54) is 4.90 Å². The largest absolute Gasteiger partial charge is 0.497 e. The Balaban J connectivity index is 1.48. The number of hydrogen-bond donors (Lipinski definition) is 2. The van der Waals surface area contributed by atoms with Gasteiger partial charge in [0.15, 0.2) is 0 Å². The second-order valence-electron chi connectivity index (χ2n) is 12.1. The molecular formula is C29H38N4O7. The maximum atomic E-state index is 13.8. The molecule has 11 nitrogen and oxygen atoms in total. The number of ether oxygens (including phenoxy) is 3. The van der Waals surface area contributed by atoms with Crippen LogP contribution in [0.2, 0.25) is 0 Å². The van der Waals surface area contributed by atoms with Gasteiger partial charge in [-0.25, -0.2) is 19.6 Å². The minimum atomic E-state index is -1.13. The summed E-state index contributed by atoms with van der Waals surface area (Å²) < 4.78 is 17.3. The highest BCUT2D eigenvalue weighted by atomic mass is 16.6. The molecule has 40 heavy (non-hydrogen) atoms. The number of carbonyl (C=O) groups excluding carboxylic acids is 2. The molecule has 2 aromatic rings. The van der Waals surface area contributed by atoms with E-state index in [9.17, 15) is 19.5 Å². The molecule has 1 aromatic carbocycles. The maximum Gasteiger partial charge on any atom is 0.408 e. The second-order valence-corrected chi connectivity index (χ2v) is 12.1. The average Bonchev–Trinajstić information content (AvgIpc) is 3.48. The zero-order valence-electron chi connectivity index (χ0n) is 23.5. The number of aryl methyl sites for hydroxylation is 1. The number of rotatable bonds is 2. The van der Waals surface area contributed by atoms with Gasteiger partial charge in [0.05, 0.1) is 24.7 Å². The Labute approximate surface area is 233 Å². The van der Waals surface area contributed by atoms with Crippen molar-refractivity contribution in [3.8, 4) is 11.6 Å². The molecule has 3 aliphatic rings. The molecule has 1 unspecified atom stereocenters. The highest BCUT2D eigenvalue weighted by molar-refractivity contribution is 5.90. The molecule has 3 heterocycles. The summed E-state index contributed by atoms with van der Waals surface area (Å²) in [5.74, 6) is -0.301. The molecule has 11 heteroatoms. The first-order chi connectivity index (χ1) is 19.0. The monoisotopic (exact) mass is 554 g/mol. The van der Waals surface area contributed by atoms with Crippen LogP contribution in [-0.4, -0.2) is 75.9 Å². The van der Waals surface area contributed by atoms with E-state index in [4.69, 9.17) is 24.2 Å². The third-order valence-corrected chi connectivity index (χ3v) is 8.00. The van der Waals surface area contributed by atoms with Crippen LogP contribution in [0.3, 0.4) is 0 Å². The number of benzene rings is 1. The van der Waals surface area contributed by atoms with Gasteiger partial charge in [0, 0.05) is 12.5 Å². The van der Waals surface area contributed by atoms with Crippen molar-refractivity contribution in [2.24, 2.45) is 11.3 Å². The fraction of sp³-hybridized carbons (Fsp3) is 0.621. The molecule has 2 fully saturated rings. The zero-order chi connectivity index (χ0) is 28.6. The van der Waals surface area contributed by atoms with Crippen LogP contribution >= 0.6 is 0 Å². The molecular weight excluding hydrogens is 516 g/mol. The van der Waals surface area contributed by atoms with Gasteiger partial charge in [0.2, 0.25) is 11.8 Å². The fourth-order valence-corrected chi connectivity index (χ4v) is 5.60. The summed E-state index contributed by atoms with van der Waals surface area (Å²) in [5, 5.41) is 12.7. The Hall–Kier alpha value is -3.63. The summed E-state index contributed by atoms with van der Waals surface area (Å²) in [6, 6.07) is 3.40. The Morgan fingerprint density at radius 2 is 1.90 bits per heavy atom. The molecule has 2 N–H and O–H groups in total. The number of hydrogen-bond acceptors (Lipinski definition) is 8. The normalized spacial score (nSPS) is 27.8. The molecule has 1 saturated carbocycles. The van der Waals surface area contributed by atoms with Crippen LogP contribution in [0.1, 0.15) is 65.0 Å². The first kappa shape index (κ1) is 27.9. The van der Waals surface area contributed by atoms with Crippen LogP contribution < -0.4 is 14.8 Å². The lowest BCUT2D eigenvalue weighted by molar-refractivity contribution is -0.150. The van der Waals surface area contributed by atoms with Crippen molar-refractivity contribution in [3.05, 3.63) is 23.9 Å². The number of carbonyl (C=O) groups is 3. The van der Waals surface area contributed by atoms with Gasteiger partial charge in [-0.1, -0.05) is 33.6 Å². The molecule has 2 aliphatic heterocycles. The van der Waals surface area contributed by atoms with Gasteiger partial charge >= 0.3 is 12.1 Å². The van der Waals surface area contributed by atoms with Gasteiger partial charge in [-0.15, -0.1) is 0 Å². The SMILES string of the molecule is COc1ccc2nc3c(nc2c1)O[C@H]1CC(C(=O)O)N(C1)C(=O)[C@H](C(C)(C)C)NC(=O)O[C@H]1C[C@@H]1CCCCC3. The molecule has 1 saturated heterocycles. The first-order valence-electron chi connectivity index (χ1n) is 14.0. The van der Waals surface area contributed by atoms with Crippen LogP contribution in [0.4, 0.5) is 4.79 Å². The van der Waals surface area contributed by atoms with Gasteiger partial charge in [0.1, 0.15) is 35.7 Å². The standard InChI is InChI=1S/C29H38N4O7/c1-29(2,3)24-26(34)33-15-18(14-22(33)27(35)36)39-25-20(30-19-11-10-17(38-4)13-21(19)31-25)9-7-5-6-8-16-12-23(16)40-28(37)32-24/h10-11,13,16,18,22-24H,5-9,12,14-15H2,1-4H3,(H,32,37)(H,35,36)/t16-,18-,22?,23-,24+/m0/s1. The van der Waals surface area contributed by atoms with Crippen LogP contribution in [0.25, 0.3) is 11.0 Å². The number of fused-ring (bicyclic) bond motifs is 5. The number of nitrogens with zero attached hydrogens (tertiary/aromatic N) is 3. The van der Waals surface area contributed by atoms with Crippen LogP contribution in [0, 0.1) is 11.3 Å². The smallest absolute Gasteiger partial charge is 0.408 e. The van der Waals surface area contributed by atoms with Gasteiger partial charge in [-0.05, 0) is 49.1 Å². The topological polar surface area (TPSA) is 140 Å². The summed E-state index contributed by atoms with van der Waals surface area (Å²) in [4.78, 5) is 49.7. The number of alkyl carbamates (subject to hydrolysis) is 1. The summed E-state index contributed by atoms with van der Waals surface area (Å²) in [6.07, 6.45) is 3.97. The van der Waals surface area contributed by atoms with Gasteiger partial charge in [0.25, 0.3) is 0 Å². The number of carboxylic acid groups (broad SMARTS) is 1. The number of nitrogens with one attached hydrogen (secondary N) is 1. The highest BCUT2D eigenvalue weighted by Crippen LogP contribution is 2.39. The van der Waals surface area contributed by atoms with Gasteiger partial charge in [-0.2, -0.15) is 0 Å². The number of methoxy groups -OCH3 is 1. The lowest BCUT2D eigenvalue weighted by atomic mass is 9.85. The van der Waals surface area contributed by atoms with Crippen molar-refractivity contribution in [1.82, 2.24) is 20.2 Å². The Kier molecular flexibility index (Phi) is 7.74. The summed E-state index contributed by atoms with van der Waals surface area (Å²) in [5.41, 5.74) is 1.36. The molecule has 0 radical (unpaired) electrons. The highest BCUT2D eigenvalue weighted by Gasteiger charge is 2.47. The minimum Gasteiger partial charge on any atom is -0.497 e. The third-order valence-electron chi connectivity index (χ3n) is 8.00. The van der Waals surface area contributed by atoms with Crippen molar-refractivity contribution in [2.45, 2.75) is 90.0 Å². The lowest BCUT2D eigenvalue weighted by Crippen LogP contribution is -2.57. The summed E-state index contributed by atoms with van der Waals surface area (Å²) >= 11 is 0. The minimum absolute atomic E-state index is 0.0427. The van der Waals surface area contributed by atoms with Crippen molar-refractivity contribution >= 4 is 29.0 Å².